The van der Waals surface area contributed by atoms with Crippen molar-refractivity contribution in [1.82, 2.24) is 0 Å². The maximum atomic E-state index is 12.2. The van der Waals surface area contributed by atoms with Crippen LogP contribution in [0.5, 0.6) is 0 Å². The average Bonchev–Trinajstić information content (AvgIpc) is 3.47. The first-order valence-corrected chi connectivity index (χ1v) is 17.3. The van der Waals surface area contributed by atoms with Crippen molar-refractivity contribution < 1.29 is 23.4 Å². The van der Waals surface area contributed by atoms with E-state index < -0.39 is 13.9 Å². The van der Waals surface area contributed by atoms with Crippen molar-refractivity contribution in [3.05, 3.63) is 11.8 Å². The molecule has 0 spiro atoms. The molecule has 0 radical (unpaired) electrons. The summed E-state index contributed by atoms with van der Waals surface area (Å²) in [7, 11) is -2.06. The fraction of sp³-hybridized carbons (Fsp3) is 0.897. The first kappa shape index (κ1) is 27.2. The van der Waals surface area contributed by atoms with E-state index in [0.29, 0.717) is 0 Å². The number of carbonyl (C=O) groups is 1. The monoisotopic (exact) mass is 506 g/mol. The molecule has 3 aliphatic carbocycles. The molecule has 35 heavy (non-hydrogen) atoms. The van der Waals surface area contributed by atoms with Crippen molar-refractivity contribution >= 4 is 14.3 Å². The highest BCUT2D eigenvalue weighted by atomic mass is 28.4. The minimum Gasteiger partial charge on any atom is -0.546 e. The second-order valence-electron chi connectivity index (χ2n) is 13.2. The molecule has 0 N–H and O–H groups in total. The molecule has 0 aromatic carbocycles. The second-order valence-corrected chi connectivity index (χ2v) is 17.9. The molecular formula is C29H50O5Si. The molecule has 1 heterocycles. The van der Waals surface area contributed by atoms with Gasteiger partial charge < -0.3 is 18.6 Å². The first-order valence-electron chi connectivity index (χ1n) is 14.4. The summed E-state index contributed by atoms with van der Waals surface area (Å²) in [6, 6.07) is 0. The third-order valence-corrected chi connectivity index (χ3v) is 14.0. The molecule has 1 aliphatic heterocycles. The highest BCUT2D eigenvalue weighted by molar-refractivity contribution is 6.74. The van der Waals surface area contributed by atoms with Gasteiger partial charge >= 0.3 is 5.97 Å². The molecule has 4 aliphatic rings. The van der Waals surface area contributed by atoms with Gasteiger partial charge in [0.25, 0.3) is 0 Å². The van der Waals surface area contributed by atoms with Gasteiger partial charge in [0.1, 0.15) is 5.60 Å². The Balaban J connectivity index is 1.67. The summed E-state index contributed by atoms with van der Waals surface area (Å²) < 4.78 is 26.1. The molecule has 0 amide bonds. The molecule has 0 aromatic rings. The van der Waals surface area contributed by atoms with Gasteiger partial charge in [-0.05, 0) is 75.1 Å². The lowest BCUT2D eigenvalue weighted by atomic mass is 9.86. The molecule has 1 saturated heterocycles. The Bertz CT molecular complexity index is 760. The zero-order chi connectivity index (χ0) is 25.3. The summed E-state index contributed by atoms with van der Waals surface area (Å²) >= 11 is 0. The Kier molecular flexibility index (Phi) is 8.44. The number of ether oxygens (including phenoxy) is 3. The lowest BCUT2D eigenvalue weighted by Crippen LogP contribution is -2.43. The largest absolute Gasteiger partial charge is 0.546 e. The third-order valence-electron chi connectivity index (χ3n) is 9.62. The standard InChI is InChI=1S/C29H50O5Si/c1-21(30)33-29-18-11-14-23(29)27(25(20-29)32-26-15-9-10-19-31-26)24(17-16-22-12-7-8-13-22)34-35(5,6)28(2,3)4/h17,22-23,25-27H,7-16,18-20H2,1-6H3/b24-17+/t23-,25?,26?,27?,29-/m0/s1. The fourth-order valence-corrected chi connectivity index (χ4v) is 7.88. The highest BCUT2D eigenvalue weighted by Gasteiger charge is 2.61. The Labute approximate surface area is 214 Å². The topological polar surface area (TPSA) is 54.0 Å². The van der Waals surface area contributed by atoms with Crippen LogP contribution >= 0.6 is 0 Å². The smallest absolute Gasteiger partial charge is 0.303 e. The van der Waals surface area contributed by atoms with Crippen LogP contribution in [-0.2, 0) is 23.4 Å². The van der Waals surface area contributed by atoms with Crippen LogP contribution < -0.4 is 0 Å². The summed E-state index contributed by atoms with van der Waals surface area (Å²) in [6.07, 6.45) is 15.7. The number of hydrogen-bond donors (Lipinski definition) is 0. The lowest BCUT2D eigenvalue weighted by Gasteiger charge is -2.41. The van der Waals surface area contributed by atoms with E-state index in [4.69, 9.17) is 18.6 Å². The molecule has 5 atom stereocenters. The van der Waals surface area contributed by atoms with Gasteiger partial charge in [0.2, 0.25) is 8.32 Å². The molecule has 200 valence electrons. The van der Waals surface area contributed by atoms with Gasteiger partial charge in [-0.25, -0.2) is 0 Å². The maximum Gasteiger partial charge on any atom is 0.303 e. The Hall–Kier alpha value is -0.853. The number of allylic oxidation sites excluding steroid dienone is 1. The van der Waals surface area contributed by atoms with E-state index in [2.05, 4.69) is 39.9 Å². The van der Waals surface area contributed by atoms with Gasteiger partial charge in [-0.1, -0.05) is 46.5 Å². The van der Waals surface area contributed by atoms with Crippen LogP contribution in [0.3, 0.4) is 0 Å². The second kappa shape index (κ2) is 10.9. The van der Waals surface area contributed by atoms with Crippen LogP contribution in [0.15, 0.2) is 11.8 Å². The minimum atomic E-state index is -2.06. The molecule has 4 rings (SSSR count). The number of rotatable bonds is 8. The van der Waals surface area contributed by atoms with Gasteiger partial charge in [0.05, 0.1) is 11.9 Å². The maximum absolute atomic E-state index is 12.2. The van der Waals surface area contributed by atoms with Gasteiger partial charge in [-0.15, -0.1) is 0 Å². The molecule has 0 aromatic heterocycles. The van der Waals surface area contributed by atoms with Crippen molar-refractivity contribution in [3.8, 4) is 0 Å². The molecular weight excluding hydrogens is 456 g/mol. The quantitative estimate of drug-likeness (QED) is 0.194. The van der Waals surface area contributed by atoms with E-state index in [1.165, 1.54) is 25.7 Å². The van der Waals surface area contributed by atoms with E-state index in [0.717, 1.165) is 69.7 Å². The van der Waals surface area contributed by atoms with Crippen molar-refractivity contribution in [2.45, 2.75) is 141 Å². The van der Waals surface area contributed by atoms with Crippen molar-refractivity contribution in [2.24, 2.45) is 17.8 Å². The van der Waals surface area contributed by atoms with Crippen LogP contribution in [0.4, 0.5) is 0 Å². The predicted octanol–water partition coefficient (Wildman–Crippen LogP) is 7.51. The Morgan fingerprint density at radius 1 is 1.06 bits per heavy atom. The number of esters is 1. The van der Waals surface area contributed by atoms with Crippen molar-refractivity contribution in [3.63, 3.8) is 0 Å². The number of carbonyl (C=O) groups excluding carboxylic acids is 1. The third kappa shape index (κ3) is 6.18. The number of hydrogen-bond acceptors (Lipinski definition) is 5. The molecule has 4 fully saturated rings. The van der Waals surface area contributed by atoms with E-state index in [1.54, 1.807) is 6.92 Å². The van der Waals surface area contributed by atoms with Crippen LogP contribution in [0, 0.1) is 17.8 Å². The lowest BCUT2D eigenvalue weighted by molar-refractivity contribution is -0.197. The highest BCUT2D eigenvalue weighted by Crippen LogP contribution is 2.57. The molecule has 0 bridgehead atoms. The van der Waals surface area contributed by atoms with Crippen LogP contribution in [-0.4, -0.2) is 38.9 Å². The van der Waals surface area contributed by atoms with E-state index in [1.807, 2.05) is 0 Å². The normalized spacial score (nSPS) is 34.7. The first-order chi connectivity index (χ1) is 16.5. The Morgan fingerprint density at radius 3 is 2.40 bits per heavy atom. The van der Waals surface area contributed by atoms with Gasteiger partial charge in [-0.3, -0.25) is 4.79 Å². The summed E-state index contributed by atoms with van der Waals surface area (Å²) in [5.41, 5.74) is -0.431. The minimum absolute atomic E-state index is 0.0395. The average molecular weight is 507 g/mol. The van der Waals surface area contributed by atoms with Crippen LogP contribution in [0.25, 0.3) is 0 Å². The van der Waals surface area contributed by atoms with Crippen LogP contribution in [0.2, 0.25) is 18.1 Å². The summed E-state index contributed by atoms with van der Waals surface area (Å²) in [4.78, 5) is 12.2. The van der Waals surface area contributed by atoms with E-state index >= 15 is 0 Å². The van der Waals surface area contributed by atoms with Gasteiger partial charge in [-0.2, -0.15) is 0 Å². The van der Waals surface area contributed by atoms with Gasteiger partial charge in [0, 0.05) is 31.8 Å². The van der Waals surface area contributed by atoms with Crippen molar-refractivity contribution in [1.29, 1.82) is 0 Å². The van der Waals surface area contributed by atoms with E-state index in [9.17, 15) is 4.79 Å². The van der Waals surface area contributed by atoms with Crippen LogP contribution in [0.1, 0.15) is 105 Å². The summed E-state index contributed by atoms with van der Waals surface area (Å²) in [6.45, 7) is 14.0. The zero-order valence-corrected chi connectivity index (χ0v) is 24.2. The fourth-order valence-electron chi connectivity index (χ4n) is 6.76. The molecule has 5 nitrogen and oxygen atoms in total. The SMILES string of the molecule is CC(=O)O[C@]12CCC[C@H]1C(/C(=C\CC1CCCC1)O[Si](C)(C)C(C)(C)C)C(OC1CCCCO1)C2. The molecule has 3 unspecified atom stereocenters. The van der Waals surface area contributed by atoms with Gasteiger partial charge in [0.15, 0.2) is 6.29 Å². The summed E-state index contributed by atoms with van der Waals surface area (Å²) in [5.74, 6) is 2.09. The number of fused-ring (bicyclic) bond motifs is 1. The van der Waals surface area contributed by atoms with E-state index in [-0.39, 0.29) is 35.2 Å². The predicted molar refractivity (Wildman–Crippen MR) is 141 cm³/mol. The molecule has 6 heteroatoms. The molecule has 3 saturated carbocycles. The van der Waals surface area contributed by atoms with Crippen molar-refractivity contribution in [2.75, 3.05) is 6.61 Å². The Morgan fingerprint density at radius 2 is 1.77 bits per heavy atom. The zero-order valence-electron chi connectivity index (χ0n) is 23.2. The summed E-state index contributed by atoms with van der Waals surface area (Å²) in [5, 5.41) is 0.115.